The molecule has 0 aromatic rings. The van der Waals surface area contributed by atoms with Gasteiger partial charge in [0.2, 0.25) is 0 Å². The van der Waals surface area contributed by atoms with Gasteiger partial charge >= 0.3 is 6.18 Å². The molecule has 0 bridgehead atoms. The van der Waals surface area contributed by atoms with Crippen molar-refractivity contribution in [2.24, 2.45) is 0 Å². The van der Waals surface area contributed by atoms with Crippen molar-refractivity contribution in [3.8, 4) is 0 Å². The van der Waals surface area contributed by atoms with Crippen molar-refractivity contribution in [1.82, 2.24) is 13.9 Å². The summed E-state index contributed by atoms with van der Waals surface area (Å²) in [6.07, 6.45) is -2.96. The molecular weight excluding hydrogens is 283 g/mol. The molecule has 0 atom stereocenters. The summed E-state index contributed by atoms with van der Waals surface area (Å²) < 4.78 is 63.2. The summed E-state index contributed by atoms with van der Waals surface area (Å²) in [6.45, 7) is -0.594. The number of nitrogens with one attached hydrogen (secondary N) is 1. The van der Waals surface area contributed by atoms with Crippen molar-refractivity contribution in [2.75, 3.05) is 33.7 Å². The Kier molecular flexibility index (Phi) is 5.60. The van der Waals surface area contributed by atoms with Crippen LogP contribution >= 0.6 is 0 Å². The van der Waals surface area contributed by atoms with Gasteiger partial charge in [0.25, 0.3) is 10.2 Å². The molecule has 19 heavy (non-hydrogen) atoms. The van der Waals surface area contributed by atoms with Crippen molar-refractivity contribution in [1.29, 1.82) is 0 Å². The van der Waals surface area contributed by atoms with E-state index in [1.807, 2.05) is 0 Å². The Labute approximate surface area is 111 Å². The normalized spacial score (nSPS) is 17.4. The van der Waals surface area contributed by atoms with Crippen LogP contribution < -0.4 is 5.32 Å². The fraction of sp³-hybridized carbons (Fsp3) is 1.00. The van der Waals surface area contributed by atoms with E-state index in [0.717, 1.165) is 4.31 Å². The summed E-state index contributed by atoms with van der Waals surface area (Å²) in [4.78, 5) is 0. The van der Waals surface area contributed by atoms with Crippen molar-refractivity contribution in [2.45, 2.75) is 31.5 Å². The first-order valence-corrected chi connectivity index (χ1v) is 7.52. The van der Waals surface area contributed by atoms with Crippen LogP contribution in [-0.4, -0.2) is 63.0 Å². The third kappa shape index (κ3) is 5.25. The summed E-state index contributed by atoms with van der Waals surface area (Å²) in [6, 6.07) is -0.502. The highest BCUT2D eigenvalue weighted by molar-refractivity contribution is 7.86. The Morgan fingerprint density at radius 3 is 2.32 bits per heavy atom. The van der Waals surface area contributed by atoms with Gasteiger partial charge in [-0.2, -0.15) is 30.2 Å². The fourth-order valence-corrected chi connectivity index (χ4v) is 3.33. The Morgan fingerprint density at radius 1 is 1.32 bits per heavy atom. The number of alkyl halides is 3. The molecule has 0 saturated heterocycles. The molecule has 9 heteroatoms. The standard InChI is InChI=1S/C10H20F3N3O2S/c1-14-6-3-7-15(2)19(17,18)16(9-4-5-9)8-10(11,12)13/h9,14H,3-8H2,1-2H3. The molecule has 1 fully saturated rings. The van der Waals surface area contributed by atoms with Gasteiger partial charge in [0, 0.05) is 19.6 Å². The van der Waals surface area contributed by atoms with E-state index < -0.39 is 29.0 Å². The van der Waals surface area contributed by atoms with Crippen molar-refractivity contribution < 1.29 is 21.6 Å². The van der Waals surface area contributed by atoms with E-state index in [1.54, 1.807) is 7.05 Å². The van der Waals surface area contributed by atoms with E-state index in [1.165, 1.54) is 7.05 Å². The molecule has 0 heterocycles. The number of rotatable bonds is 8. The predicted octanol–water partition coefficient (Wildman–Crippen LogP) is 0.799. The van der Waals surface area contributed by atoms with Gasteiger partial charge in [-0.05, 0) is 32.9 Å². The van der Waals surface area contributed by atoms with Gasteiger partial charge in [-0.3, -0.25) is 0 Å². The molecule has 1 saturated carbocycles. The molecule has 114 valence electrons. The van der Waals surface area contributed by atoms with Gasteiger partial charge in [0.1, 0.15) is 6.54 Å². The minimum absolute atomic E-state index is 0.199. The lowest BCUT2D eigenvalue weighted by atomic mass is 10.4. The molecule has 0 aliphatic heterocycles. The maximum atomic E-state index is 12.5. The van der Waals surface area contributed by atoms with E-state index in [9.17, 15) is 21.6 Å². The second-order valence-corrected chi connectivity index (χ2v) is 6.67. The third-order valence-electron chi connectivity index (χ3n) is 2.88. The van der Waals surface area contributed by atoms with Crippen LogP contribution in [0.2, 0.25) is 0 Å². The zero-order valence-corrected chi connectivity index (χ0v) is 11.9. The van der Waals surface area contributed by atoms with Crippen LogP contribution in [0.25, 0.3) is 0 Å². The topological polar surface area (TPSA) is 52.7 Å². The highest BCUT2D eigenvalue weighted by Gasteiger charge is 2.45. The number of hydrogen-bond acceptors (Lipinski definition) is 3. The number of halogens is 3. The van der Waals surface area contributed by atoms with Crippen molar-refractivity contribution in [3.05, 3.63) is 0 Å². The summed E-state index contributed by atoms with van der Waals surface area (Å²) in [7, 11) is -0.986. The predicted molar refractivity (Wildman–Crippen MR) is 65.9 cm³/mol. The van der Waals surface area contributed by atoms with E-state index in [0.29, 0.717) is 30.1 Å². The van der Waals surface area contributed by atoms with Crippen LogP contribution in [0.3, 0.4) is 0 Å². The molecule has 0 unspecified atom stereocenters. The summed E-state index contributed by atoms with van der Waals surface area (Å²) in [5, 5.41) is 2.86. The molecule has 1 rings (SSSR count). The van der Waals surface area contributed by atoms with Gasteiger partial charge in [-0.15, -0.1) is 0 Å². The molecule has 5 nitrogen and oxygen atoms in total. The lowest BCUT2D eigenvalue weighted by molar-refractivity contribution is -0.137. The van der Waals surface area contributed by atoms with Crippen LogP contribution in [0.5, 0.6) is 0 Å². The zero-order valence-electron chi connectivity index (χ0n) is 11.1. The average molecular weight is 303 g/mol. The zero-order chi connectivity index (χ0) is 14.7. The molecule has 1 N–H and O–H groups in total. The molecule has 0 amide bonds. The summed E-state index contributed by atoms with van der Waals surface area (Å²) >= 11 is 0. The van der Waals surface area contributed by atoms with Crippen LogP contribution in [0, 0.1) is 0 Å². The highest BCUT2D eigenvalue weighted by atomic mass is 32.2. The van der Waals surface area contributed by atoms with E-state index >= 15 is 0 Å². The SMILES string of the molecule is CNCCCN(C)S(=O)(=O)N(CC(F)(F)F)C1CC1. The molecular formula is C10H20F3N3O2S. The first-order chi connectivity index (χ1) is 8.68. The van der Waals surface area contributed by atoms with Crippen LogP contribution in [0.4, 0.5) is 13.2 Å². The maximum Gasteiger partial charge on any atom is 0.402 e. The van der Waals surface area contributed by atoms with E-state index in [2.05, 4.69) is 5.32 Å². The van der Waals surface area contributed by atoms with Crippen LogP contribution in [0.1, 0.15) is 19.3 Å². The molecule has 0 aromatic carbocycles. The number of hydrogen-bond donors (Lipinski definition) is 1. The van der Waals surface area contributed by atoms with Gasteiger partial charge < -0.3 is 5.32 Å². The minimum atomic E-state index is -4.51. The third-order valence-corrected chi connectivity index (χ3v) is 4.87. The Hall–Kier alpha value is -0.380. The van der Waals surface area contributed by atoms with Crippen LogP contribution in [0.15, 0.2) is 0 Å². The molecule has 1 aliphatic rings. The largest absolute Gasteiger partial charge is 0.402 e. The average Bonchev–Trinajstić information content (AvgIpc) is 3.08. The molecule has 0 spiro atoms. The van der Waals surface area contributed by atoms with Crippen molar-refractivity contribution in [3.63, 3.8) is 0 Å². The lowest BCUT2D eigenvalue weighted by Gasteiger charge is -2.28. The number of nitrogens with zero attached hydrogens (tertiary/aromatic N) is 2. The van der Waals surface area contributed by atoms with Crippen LogP contribution in [-0.2, 0) is 10.2 Å². The first-order valence-electron chi connectivity index (χ1n) is 6.13. The van der Waals surface area contributed by atoms with E-state index in [4.69, 9.17) is 0 Å². The quantitative estimate of drug-likeness (QED) is 0.675. The van der Waals surface area contributed by atoms with Gasteiger partial charge in [-0.1, -0.05) is 0 Å². The Morgan fingerprint density at radius 2 is 1.89 bits per heavy atom. The maximum absolute atomic E-state index is 12.5. The molecule has 0 radical (unpaired) electrons. The highest BCUT2D eigenvalue weighted by Crippen LogP contribution is 2.33. The van der Waals surface area contributed by atoms with Gasteiger partial charge in [0.05, 0.1) is 0 Å². The van der Waals surface area contributed by atoms with Gasteiger partial charge in [-0.25, -0.2) is 0 Å². The lowest BCUT2D eigenvalue weighted by Crippen LogP contribution is -2.47. The Balaban J connectivity index is 2.70. The van der Waals surface area contributed by atoms with Gasteiger partial charge in [0.15, 0.2) is 0 Å². The summed E-state index contributed by atoms with van der Waals surface area (Å²) in [5.41, 5.74) is 0. The minimum Gasteiger partial charge on any atom is -0.320 e. The Bertz CT molecular complexity index is 382. The molecule has 0 aromatic heterocycles. The molecule has 1 aliphatic carbocycles. The van der Waals surface area contributed by atoms with E-state index in [-0.39, 0.29) is 6.54 Å². The fourth-order valence-electron chi connectivity index (χ4n) is 1.71. The second-order valence-electron chi connectivity index (χ2n) is 4.68. The monoisotopic (exact) mass is 303 g/mol. The smallest absolute Gasteiger partial charge is 0.320 e. The first kappa shape index (κ1) is 16.7. The summed E-state index contributed by atoms with van der Waals surface area (Å²) in [5.74, 6) is 0. The van der Waals surface area contributed by atoms with Crippen molar-refractivity contribution >= 4 is 10.2 Å². The second kappa shape index (κ2) is 6.38.